The predicted molar refractivity (Wildman–Crippen MR) is 51.1 cm³/mol. The Bertz CT molecular complexity index is 416. The van der Waals surface area contributed by atoms with E-state index in [4.69, 9.17) is 16.3 Å². The molecule has 1 unspecified atom stereocenters. The van der Waals surface area contributed by atoms with E-state index < -0.39 is 17.4 Å². The summed E-state index contributed by atoms with van der Waals surface area (Å²) in [7, 11) is 0. The molecular weight excluding hydrogens is 245 g/mol. The molecule has 0 saturated heterocycles. The van der Waals surface area contributed by atoms with Gasteiger partial charge in [-0.05, 0) is 12.1 Å². The minimum atomic E-state index is -4.39. The first kappa shape index (κ1) is 11.1. The smallest absolute Gasteiger partial charge is 0.417 e. The highest BCUT2D eigenvalue weighted by Crippen LogP contribution is 2.29. The lowest BCUT2D eigenvalue weighted by Gasteiger charge is -2.08. The van der Waals surface area contributed by atoms with Gasteiger partial charge in [-0.25, -0.2) is 0 Å². The molecule has 1 N–H and O–H groups in total. The van der Waals surface area contributed by atoms with Gasteiger partial charge in [-0.1, -0.05) is 11.6 Å². The Labute approximate surface area is 93.9 Å². The van der Waals surface area contributed by atoms with Crippen molar-refractivity contribution < 1.29 is 17.9 Å². The van der Waals surface area contributed by atoms with Crippen molar-refractivity contribution in [2.45, 2.75) is 11.9 Å². The van der Waals surface area contributed by atoms with E-state index in [-0.39, 0.29) is 0 Å². The van der Waals surface area contributed by atoms with Gasteiger partial charge in [0.25, 0.3) is 0 Å². The number of nitrogens with one attached hydrogen (secondary N) is 1. The Morgan fingerprint density at radius 1 is 1.38 bits per heavy atom. The highest BCUT2D eigenvalue weighted by molar-refractivity contribution is 6.20. The van der Waals surface area contributed by atoms with Crippen LogP contribution in [-0.4, -0.2) is 10.7 Å². The number of rotatable bonds is 1. The van der Waals surface area contributed by atoms with E-state index >= 15 is 0 Å². The first-order valence-corrected chi connectivity index (χ1v) is 4.71. The Morgan fingerprint density at radius 3 is 2.56 bits per heavy atom. The molecular formula is C9H6ClF3N2O. The molecule has 1 atom stereocenters. The van der Waals surface area contributed by atoms with E-state index in [2.05, 4.69) is 10.3 Å². The molecule has 7 heteroatoms. The topological polar surface area (TPSA) is 34.1 Å². The van der Waals surface area contributed by atoms with Crippen molar-refractivity contribution in [3.63, 3.8) is 0 Å². The van der Waals surface area contributed by atoms with E-state index in [1.54, 1.807) is 0 Å². The van der Waals surface area contributed by atoms with Crippen molar-refractivity contribution in [3.8, 4) is 0 Å². The van der Waals surface area contributed by atoms with Crippen LogP contribution in [0.5, 0.6) is 0 Å². The largest absolute Gasteiger partial charge is 0.453 e. The Hall–Kier alpha value is -1.43. The molecule has 16 heavy (non-hydrogen) atoms. The molecule has 2 heterocycles. The fraction of sp³-hybridized carbons (Fsp3) is 0.222. The van der Waals surface area contributed by atoms with Crippen molar-refractivity contribution in [3.05, 3.63) is 35.8 Å². The number of pyridine rings is 1. The summed E-state index contributed by atoms with van der Waals surface area (Å²) in [6.07, 6.45) is -2.18. The van der Waals surface area contributed by atoms with Gasteiger partial charge in [0.2, 0.25) is 5.69 Å². The molecule has 0 aliphatic carbocycles. The first-order valence-electron chi connectivity index (χ1n) is 4.27. The molecule has 0 saturated carbocycles. The summed E-state index contributed by atoms with van der Waals surface area (Å²) in [5.41, 5.74) is -1.21. The predicted octanol–water partition coefficient (Wildman–Crippen LogP) is 2.54. The van der Waals surface area contributed by atoms with Crippen LogP contribution in [0.25, 0.3) is 5.76 Å². The summed E-state index contributed by atoms with van der Waals surface area (Å²) in [5, 5.41) is 2.63. The standard InChI is InChI=1S/C9H6ClF3N2O/c10-8-15-4-7(16-8)6-2-1-5(3-14-6)9(11,12)13/h1-4,8,15H. The van der Waals surface area contributed by atoms with Crippen LogP contribution in [-0.2, 0) is 10.9 Å². The van der Waals surface area contributed by atoms with Crippen LogP contribution in [0.4, 0.5) is 13.2 Å². The summed E-state index contributed by atoms with van der Waals surface area (Å²) in [6.45, 7) is 0. The van der Waals surface area contributed by atoms with Crippen molar-refractivity contribution in [1.29, 1.82) is 0 Å². The van der Waals surface area contributed by atoms with Gasteiger partial charge in [-0.15, -0.1) is 0 Å². The van der Waals surface area contributed by atoms with Gasteiger partial charge in [0, 0.05) is 12.4 Å². The number of halogens is 4. The van der Waals surface area contributed by atoms with Gasteiger partial charge in [0.05, 0.1) is 5.56 Å². The summed E-state index contributed by atoms with van der Waals surface area (Å²) >= 11 is 5.57. The molecule has 0 fully saturated rings. The van der Waals surface area contributed by atoms with Gasteiger partial charge in [0.1, 0.15) is 5.69 Å². The highest BCUT2D eigenvalue weighted by Gasteiger charge is 2.31. The van der Waals surface area contributed by atoms with Crippen LogP contribution >= 0.6 is 11.6 Å². The van der Waals surface area contributed by atoms with Gasteiger partial charge in [-0.2, -0.15) is 13.2 Å². The number of hydrogen-bond donors (Lipinski definition) is 1. The van der Waals surface area contributed by atoms with E-state index in [0.29, 0.717) is 11.5 Å². The number of aromatic nitrogens is 1. The number of nitrogens with zero attached hydrogens (tertiary/aromatic N) is 1. The Morgan fingerprint density at radius 2 is 2.12 bits per heavy atom. The number of alkyl halides is 4. The summed E-state index contributed by atoms with van der Waals surface area (Å²) < 4.78 is 41.8. The van der Waals surface area contributed by atoms with Crippen LogP contribution in [0.2, 0.25) is 0 Å². The van der Waals surface area contributed by atoms with Crippen LogP contribution < -0.4 is 5.32 Å². The number of hydrogen-bond acceptors (Lipinski definition) is 3. The quantitative estimate of drug-likeness (QED) is 0.614. The van der Waals surface area contributed by atoms with Crippen LogP contribution in [0.1, 0.15) is 11.3 Å². The fourth-order valence-corrected chi connectivity index (χ4v) is 1.32. The maximum Gasteiger partial charge on any atom is 0.417 e. The SMILES string of the molecule is FC(F)(F)c1ccc(C2=CNC(Cl)O2)nc1. The summed E-state index contributed by atoms with van der Waals surface area (Å²) in [5.74, 6) is 0.314. The Kier molecular flexibility index (Phi) is 2.67. The minimum absolute atomic E-state index is 0.295. The molecule has 3 nitrogen and oxygen atoms in total. The molecule has 0 spiro atoms. The third kappa shape index (κ3) is 2.21. The second kappa shape index (κ2) is 3.86. The van der Waals surface area contributed by atoms with Crippen LogP contribution in [0.3, 0.4) is 0 Å². The van der Waals surface area contributed by atoms with Gasteiger partial charge < -0.3 is 10.1 Å². The monoisotopic (exact) mass is 250 g/mol. The lowest BCUT2D eigenvalue weighted by Crippen LogP contribution is -2.12. The highest BCUT2D eigenvalue weighted by atomic mass is 35.5. The molecule has 1 aliphatic rings. The van der Waals surface area contributed by atoms with E-state index in [1.807, 2.05) is 0 Å². The maximum atomic E-state index is 12.2. The third-order valence-corrected chi connectivity index (χ3v) is 2.13. The van der Waals surface area contributed by atoms with Crippen molar-refractivity contribution in [2.24, 2.45) is 0 Å². The van der Waals surface area contributed by atoms with E-state index in [1.165, 1.54) is 12.3 Å². The molecule has 1 aromatic rings. The third-order valence-electron chi connectivity index (χ3n) is 1.92. The van der Waals surface area contributed by atoms with Crippen LogP contribution in [0, 0.1) is 0 Å². The molecule has 0 bridgehead atoms. The summed E-state index contributed by atoms with van der Waals surface area (Å²) in [6, 6.07) is 2.17. The lowest BCUT2D eigenvalue weighted by atomic mass is 10.2. The second-order valence-electron chi connectivity index (χ2n) is 3.04. The zero-order chi connectivity index (χ0) is 11.8. The number of ether oxygens (including phenoxy) is 1. The van der Waals surface area contributed by atoms with Crippen molar-refractivity contribution >= 4 is 17.4 Å². The molecule has 0 amide bonds. The average molecular weight is 251 g/mol. The maximum absolute atomic E-state index is 12.2. The van der Waals surface area contributed by atoms with Gasteiger partial charge in [0.15, 0.2) is 5.76 Å². The molecule has 1 aromatic heterocycles. The fourth-order valence-electron chi connectivity index (χ4n) is 1.16. The molecule has 2 rings (SSSR count). The normalized spacial score (nSPS) is 20.0. The molecule has 0 aromatic carbocycles. The summed E-state index contributed by atoms with van der Waals surface area (Å²) in [4.78, 5) is 3.65. The second-order valence-corrected chi connectivity index (χ2v) is 3.44. The van der Waals surface area contributed by atoms with E-state index in [0.717, 1.165) is 12.3 Å². The average Bonchev–Trinajstić information content (AvgIpc) is 2.64. The van der Waals surface area contributed by atoms with Crippen molar-refractivity contribution in [1.82, 2.24) is 10.3 Å². The lowest BCUT2D eigenvalue weighted by molar-refractivity contribution is -0.137. The van der Waals surface area contributed by atoms with Gasteiger partial charge >= 0.3 is 6.18 Å². The van der Waals surface area contributed by atoms with E-state index in [9.17, 15) is 13.2 Å². The first-order chi connectivity index (χ1) is 7.47. The Balaban J connectivity index is 2.20. The molecule has 0 radical (unpaired) electrons. The van der Waals surface area contributed by atoms with Crippen molar-refractivity contribution in [2.75, 3.05) is 0 Å². The molecule has 1 aliphatic heterocycles. The zero-order valence-electron chi connectivity index (χ0n) is 7.75. The van der Waals surface area contributed by atoms with Crippen LogP contribution in [0.15, 0.2) is 24.5 Å². The zero-order valence-corrected chi connectivity index (χ0v) is 8.51. The minimum Gasteiger partial charge on any atom is -0.453 e. The van der Waals surface area contributed by atoms with Gasteiger partial charge in [-0.3, -0.25) is 4.98 Å². The molecule has 86 valence electrons.